The highest BCUT2D eigenvalue weighted by Crippen LogP contribution is 2.30. The van der Waals surface area contributed by atoms with Crippen LogP contribution < -0.4 is 71.9 Å². The summed E-state index contributed by atoms with van der Waals surface area (Å²) in [6.07, 6.45) is 30.8. The van der Waals surface area contributed by atoms with Gasteiger partial charge in [0.2, 0.25) is 51.5 Å². The number of pyridine rings is 1. The van der Waals surface area contributed by atoms with Crippen molar-refractivity contribution in [2.75, 3.05) is 118 Å². The fourth-order valence-electron chi connectivity index (χ4n) is 12.1. The van der Waals surface area contributed by atoms with Crippen molar-refractivity contribution >= 4 is 93.2 Å². The Morgan fingerprint density at radius 1 is 0.495 bits per heavy atom. The van der Waals surface area contributed by atoms with Crippen molar-refractivity contribution in [2.24, 2.45) is 12.8 Å². The summed E-state index contributed by atoms with van der Waals surface area (Å²) in [5.41, 5.74) is 13.7. The number of benzene rings is 3. The number of nitrogens with one attached hydrogen (secondary N) is 6. The number of methoxy groups -OCH3 is 3. The van der Waals surface area contributed by atoms with Crippen LogP contribution in [-0.4, -0.2) is 156 Å². The lowest BCUT2D eigenvalue weighted by molar-refractivity contribution is -0.671. The zero-order valence-electron chi connectivity index (χ0n) is 59.7. The molecule has 7 aromatic rings. The van der Waals surface area contributed by atoms with Gasteiger partial charge in [-0.25, -0.2) is 17.7 Å². The summed E-state index contributed by atoms with van der Waals surface area (Å²) in [6, 6.07) is 19.8. The Kier molecular flexibility index (Phi) is 34.4. The van der Waals surface area contributed by atoms with E-state index >= 15 is 0 Å². The molecule has 4 aromatic heterocycles. The molecule has 0 radical (unpaired) electrons. The maximum absolute atomic E-state index is 14.2. The molecule has 0 spiro atoms. The van der Waals surface area contributed by atoms with E-state index < -0.39 is 17.5 Å². The monoisotopic (exact) mass is 1460 g/mol. The molecule has 0 bridgehead atoms. The molecular weight excluding hydrogens is 1360 g/mol. The van der Waals surface area contributed by atoms with Crippen LogP contribution in [0.25, 0.3) is 0 Å². The SMILES string of the molecule is CNc1cc[n+](C)cc1.COc1ccc(N)cc1F.COc1ccc(Nc2nc(NC3CCCCCC3)nc(N(C)C3CCN(C)CC3)n2)cc1F.COc1ccc(Nc2nc(NC3CCCCCC3)nc(N(C)C3CCNCC3)n2)cc1F.Clc1nc(Cl)nc(Cl)n1.NC1CCCCCC1. The molecule has 3 aliphatic carbocycles. The van der Waals surface area contributed by atoms with E-state index in [-0.39, 0.29) is 33.1 Å². The van der Waals surface area contributed by atoms with Gasteiger partial charge in [-0.15, -0.1) is 0 Å². The predicted octanol–water partition coefficient (Wildman–Crippen LogP) is 14.0. The standard InChI is InChI=1S/C24H36FN7O.C23H34FN7O.C7H8FNO.C7H10N2.C7H15N.C3Cl3N3/c1-31-14-12-19(13-15-31)32(2)24-29-22(26-17-8-6-4-5-7-9-17)28-23(30-24)27-18-10-11-21(33-3)20(25)16-18;1-31(18-11-13-25-14-12-18)23-29-21(26-16-7-5-3-4-6-8-16)28-22(30-23)27-17-9-10-20(32-2)19(24)15-17;1-10-7-3-2-5(9)4-6(7)8;1-8-7-3-5-9(2)6-4-7;8-7-5-3-1-2-4-6-7;4-1-7-2(5)9-3(6)8-1/h10-11,16-17,19H,4-9,12-15H2,1-3H3,(H2,26,27,28,29,30);9-10,15-16,18,25H,3-8,11-14H2,1-2H3,(H2,26,27,28,29,30);2-4H,9H2,1H3;3-6H,1-2H3;7H,1-6,8H2;/p+1. The van der Waals surface area contributed by atoms with Gasteiger partial charge in [-0.2, -0.15) is 44.9 Å². The summed E-state index contributed by atoms with van der Waals surface area (Å²) >= 11 is 16.0. The van der Waals surface area contributed by atoms with E-state index in [2.05, 4.69) is 95.3 Å². The Labute approximate surface area is 608 Å². The van der Waals surface area contributed by atoms with Crippen molar-refractivity contribution in [3.05, 3.63) is 112 Å². The molecule has 2 saturated heterocycles. The third kappa shape index (κ3) is 28.5. The Bertz CT molecular complexity index is 3500. The lowest BCUT2D eigenvalue weighted by Gasteiger charge is -2.35. The highest BCUT2D eigenvalue weighted by Gasteiger charge is 2.26. The molecule has 3 saturated carbocycles. The molecule has 0 unspecified atom stereocenters. The van der Waals surface area contributed by atoms with Crippen molar-refractivity contribution in [3.63, 3.8) is 0 Å². The Hall–Kier alpha value is -7.82. The smallest absolute Gasteiger partial charge is 0.233 e. The molecule has 5 fully saturated rings. The third-order valence-electron chi connectivity index (χ3n) is 18.1. The summed E-state index contributed by atoms with van der Waals surface area (Å²) in [5.74, 6) is 2.53. The molecule has 3 aromatic carbocycles. The second-order valence-corrected chi connectivity index (χ2v) is 26.7. The van der Waals surface area contributed by atoms with Crippen molar-refractivity contribution in [1.82, 2.24) is 55.1 Å². The summed E-state index contributed by atoms with van der Waals surface area (Å²) in [4.78, 5) is 45.2. The molecule has 24 nitrogen and oxygen atoms in total. The number of ether oxygens (including phenoxy) is 3. The molecule has 0 amide bonds. The van der Waals surface area contributed by atoms with Gasteiger partial charge in [0.1, 0.15) is 7.05 Å². The van der Waals surface area contributed by atoms with Crippen molar-refractivity contribution < 1.29 is 31.9 Å². The lowest BCUT2D eigenvalue weighted by Crippen LogP contribution is -2.42. The molecule has 5 aliphatic rings. The minimum Gasteiger partial charge on any atom is -0.494 e. The van der Waals surface area contributed by atoms with Gasteiger partial charge < -0.3 is 72.3 Å². The van der Waals surface area contributed by atoms with E-state index in [0.29, 0.717) is 83.0 Å². The van der Waals surface area contributed by atoms with E-state index in [9.17, 15) is 13.2 Å². The number of nitrogens with zero attached hydrogens (tertiary/aromatic N) is 13. The number of aryl methyl sites for hydroxylation is 1. The van der Waals surface area contributed by atoms with Gasteiger partial charge in [-0.3, -0.25) is 0 Å². The minimum atomic E-state index is -0.435. The van der Waals surface area contributed by atoms with Crippen LogP contribution in [0.4, 0.5) is 71.6 Å². The fourth-order valence-corrected chi connectivity index (χ4v) is 12.7. The van der Waals surface area contributed by atoms with Crippen LogP contribution in [0.2, 0.25) is 15.9 Å². The molecule has 2 aliphatic heterocycles. The number of hydrogen-bond acceptors (Lipinski definition) is 23. The van der Waals surface area contributed by atoms with Crippen LogP contribution >= 0.6 is 34.8 Å². The number of nitrogen functional groups attached to an aromatic ring is 1. The van der Waals surface area contributed by atoms with Crippen LogP contribution in [0.5, 0.6) is 17.2 Å². The van der Waals surface area contributed by atoms with Crippen LogP contribution in [0.3, 0.4) is 0 Å². The average Bonchev–Trinajstić information content (AvgIpc) is 1.01. The number of likely N-dealkylation sites (tertiary alicyclic amines) is 1. The Morgan fingerprint density at radius 3 is 1.26 bits per heavy atom. The second-order valence-electron chi connectivity index (χ2n) is 25.7. The van der Waals surface area contributed by atoms with Crippen molar-refractivity contribution in [3.8, 4) is 17.2 Å². The van der Waals surface area contributed by atoms with Gasteiger partial charge >= 0.3 is 0 Å². The first-order valence-electron chi connectivity index (χ1n) is 35.1. The van der Waals surface area contributed by atoms with Crippen LogP contribution in [-0.2, 0) is 7.05 Å². The second kappa shape index (κ2) is 43.2. The van der Waals surface area contributed by atoms with Gasteiger partial charge in [0.25, 0.3) is 0 Å². The maximum Gasteiger partial charge on any atom is 0.233 e. The first-order valence-corrected chi connectivity index (χ1v) is 36.2. The lowest BCUT2D eigenvalue weighted by atomic mass is 10.0. The van der Waals surface area contributed by atoms with Crippen molar-refractivity contribution in [2.45, 2.75) is 171 Å². The summed E-state index contributed by atoms with van der Waals surface area (Å²) in [7, 11) is 14.5. The molecular formula is C71H104Cl3F3N21O3+. The van der Waals surface area contributed by atoms with E-state index in [1.807, 2.05) is 50.2 Å². The van der Waals surface area contributed by atoms with Crippen LogP contribution in [0.15, 0.2) is 79.1 Å². The molecule has 552 valence electrons. The van der Waals surface area contributed by atoms with E-state index in [1.54, 1.807) is 30.3 Å². The molecule has 6 heterocycles. The quantitative estimate of drug-likeness (QED) is 0.0253. The molecule has 30 heteroatoms. The van der Waals surface area contributed by atoms with E-state index in [4.69, 9.17) is 70.7 Å². The zero-order chi connectivity index (χ0) is 72.5. The highest BCUT2D eigenvalue weighted by molar-refractivity contribution is 6.33. The number of aromatic nitrogens is 10. The van der Waals surface area contributed by atoms with Gasteiger partial charge in [-0.1, -0.05) is 77.0 Å². The third-order valence-corrected chi connectivity index (χ3v) is 18.6. The summed E-state index contributed by atoms with van der Waals surface area (Å²) < 4.78 is 57.8. The number of rotatable bonds is 16. The maximum atomic E-state index is 14.2. The summed E-state index contributed by atoms with van der Waals surface area (Å²) in [6.45, 7) is 4.10. The molecule has 10 N–H and O–H groups in total. The van der Waals surface area contributed by atoms with Crippen LogP contribution in [0, 0.1) is 17.5 Å². The number of nitrogens with two attached hydrogens (primary N) is 2. The fraction of sp³-hybridized carbons (Fsp3) is 0.549. The number of piperidine rings is 2. The van der Waals surface area contributed by atoms with Crippen LogP contribution in [0.1, 0.15) is 141 Å². The number of halogens is 6. The number of hydrogen-bond donors (Lipinski definition) is 8. The molecule has 0 atom stereocenters. The van der Waals surface area contributed by atoms with Gasteiger partial charge in [-0.05, 0) is 169 Å². The minimum absolute atomic E-state index is 0.000000000000000444. The summed E-state index contributed by atoms with van der Waals surface area (Å²) in [5, 5.41) is 19.8. The normalized spacial score (nSPS) is 16.4. The molecule has 12 rings (SSSR count). The van der Waals surface area contributed by atoms with Crippen molar-refractivity contribution in [1.29, 1.82) is 0 Å². The van der Waals surface area contributed by atoms with E-state index in [1.165, 1.54) is 135 Å². The van der Waals surface area contributed by atoms with Gasteiger partial charge in [0.05, 0.1) is 21.3 Å². The highest BCUT2D eigenvalue weighted by atomic mass is 35.5. The first kappa shape index (κ1) is 80.5. The predicted molar refractivity (Wildman–Crippen MR) is 401 cm³/mol. The Balaban J connectivity index is 0.000000191. The zero-order valence-corrected chi connectivity index (χ0v) is 62.0. The first-order chi connectivity index (χ1) is 48.8. The average molecular weight is 1460 g/mol. The largest absolute Gasteiger partial charge is 0.494 e. The Morgan fingerprint density at radius 2 is 0.871 bits per heavy atom. The van der Waals surface area contributed by atoms with E-state index in [0.717, 1.165) is 83.2 Å². The topological polar surface area (TPSA) is 282 Å². The number of anilines is 10. The molecule has 101 heavy (non-hydrogen) atoms. The van der Waals surface area contributed by atoms with Gasteiger partial charge in [0, 0.05) is 104 Å². The van der Waals surface area contributed by atoms with Gasteiger partial charge in [0.15, 0.2) is 47.1 Å².